The summed E-state index contributed by atoms with van der Waals surface area (Å²) < 4.78 is 10.2. The van der Waals surface area contributed by atoms with E-state index in [0.29, 0.717) is 23.4 Å². The van der Waals surface area contributed by atoms with Crippen molar-refractivity contribution in [2.24, 2.45) is 0 Å². The minimum Gasteiger partial charge on any atom is -0.496 e. The highest BCUT2D eigenvalue weighted by atomic mass is 16.5. The normalized spacial score (nSPS) is 10.5. The summed E-state index contributed by atoms with van der Waals surface area (Å²) in [5.74, 6) is -0.575. The van der Waals surface area contributed by atoms with Gasteiger partial charge < -0.3 is 14.4 Å². The number of carboxylic acid groups (broad SMARTS) is 1. The van der Waals surface area contributed by atoms with Gasteiger partial charge in [-0.2, -0.15) is 0 Å². The van der Waals surface area contributed by atoms with Gasteiger partial charge in [0.1, 0.15) is 11.4 Å². The highest BCUT2D eigenvalue weighted by Crippen LogP contribution is 2.34. The number of hydrogen-bond donors (Lipinski definition) is 1. The van der Waals surface area contributed by atoms with E-state index in [2.05, 4.69) is 5.16 Å². The van der Waals surface area contributed by atoms with Crippen molar-refractivity contribution in [1.82, 2.24) is 5.16 Å². The predicted molar refractivity (Wildman–Crippen MR) is 69.6 cm³/mol. The van der Waals surface area contributed by atoms with Gasteiger partial charge in [0.05, 0.1) is 7.11 Å². The molecule has 2 rings (SSSR count). The van der Waals surface area contributed by atoms with Crippen molar-refractivity contribution in [3.05, 3.63) is 35.1 Å². The Balaban J connectivity index is 2.65. The Morgan fingerprint density at radius 1 is 1.47 bits per heavy atom. The van der Waals surface area contributed by atoms with Gasteiger partial charge in [0.15, 0.2) is 0 Å². The molecule has 0 aliphatic heterocycles. The van der Waals surface area contributed by atoms with Gasteiger partial charge in [-0.15, -0.1) is 0 Å². The van der Waals surface area contributed by atoms with Crippen molar-refractivity contribution in [3.63, 3.8) is 0 Å². The second-order valence-electron chi connectivity index (χ2n) is 4.20. The van der Waals surface area contributed by atoms with Gasteiger partial charge in [0.25, 0.3) is 0 Å². The molecule has 0 aliphatic carbocycles. The van der Waals surface area contributed by atoms with Crippen molar-refractivity contribution in [3.8, 4) is 17.0 Å². The summed E-state index contributed by atoms with van der Waals surface area (Å²) in [4.78, 5) is 11.1. The topological polar surface area (TPSA) is 72.6 Å². The van der Waals surface area contributed by atoms with Crippen LogP contribution in [0.1, 0.15) is 28.6 Å². The van der Waals surface area contributed by atoms with Gasteiger partial charge in [-0.05, 0) is 25.5 Å². The fourth-order valence-corrected chi connectivity index (χ4v) is 2.02. The molecule has 5 nitrogen and oxygen atoms in total. The van der Waals surface area contributed by atoms with Gasteiger partial charge >= 0.3 is 5.97 Å². The van der Waals surface area contributed by atoms with Crippen LogP contribution in [0.15, 0.2) is 22.7 Å². The van der Waals surface area contributed by atoms with Crippen LogP contribution < -0.4 is 4.74 Å². The Morgan fingerprint density at radius 2 is 2.21 bits per heavy atom. The van der Waals surface area contributed by atoms with E-state index in [0.717, 1.165) is 11.1 Å². The van der Waals surface area contributed by atoms with Crippen molar-refractivity contribution in [2.45, 2.75) is 20.3 Å². The maximum atomic E-state index is 11.1. The van der Waals surface area contributed by atoms with E-state index in [1.54, 1.807) is 7.11 Å². The molecular formula is C14H15NO4. The first-order valence-electron chi connectivity index (χ1n) is 5.95. The van der Waals surface area contributed by atoms with E-state index in [-0.39, 0.29) is 5.76 Å². The zero-order valence-corrected chi connectivity index (χ0v) is 11.1. The average molecular weight is 261 g/mol. The van der Waals surface area contributed by atoms with Crippen LogP contribution in [0, 0.1) is 6.92 Å². The van der Waals surface area contributed by atoms with Crippen molar-refractivity contribution < 1.29 is 19.2 Å². The minimum atomic E-state index is -1.11. The summed E-state index contributed by atoms with van der Waals surface area (Å²) in [6, 6.07) is 5.66. The zero-order chi connectivity index (χ0) is 14.0. The number of benzene rings is 1. The Hall–Kier alpha value is -2.30. The summed E-state index contributed by atoms with van der Waals surface area (Å²) in [6.45, 7) is 3.82. The molecule has 1 N–H and O–H groups in total. The molecule has 0 unspecified atom stereocenters. The van der Waals surface area contributed by atoms with Gasteiger partial charge in [-0.1, -0.05) is 23.7 Å². The van der Waals surface area contributed by atoms with E-state index in [1.165, 1.54) is 0 Å². The van der Waals surface area contributed by atoms with E-state index in [4.69, 9.17) is 14.4 Å². The van der Waals surface area contributed by atoms with Crippen molar-refractivity contribution in [1.29, 1.82) is 0 Å². The molecule has 0 radical (unpaired) electrons. The van der Waals surface area contributed by atoms with Crippen LogP contribution in [0.2, 0.25) is 0 Å². The lowest BCUT2D eigenvalue weighted by atomic mass is 10.0. The first-order valence-corrected chi connectivity index (χ1v) is 5.95. The highest BCUT2D eigenvalue weighted by Gasteiger charge is 2.23. The zero-order valence-electron chi connectivity index (χ0n) is 11.1. The lowest BCUT2D eigenvalue weighted by Crippen LogP contribution is -1.99. The van der Waals surface area contributed by atoms with Crippen LogP contribution >= 0.6 is 0 Å². The third-order valence-corrected chi connectivity index (χ3v) is 2.95. The molecule has 100 valence electrons. The maximum Gasteiger partial charge on any atom is 0.375 e. The molecule has 0 fully saturated rings. The third kappa shape index (κ3) is 2.31. The molecule has 0 saturated heterocycles. The van der Waals surface area contributed by atoms with Crippen LogP contribution in [0.3, 0.4) is 0 Å². The van der Waals surface area contributed by atoms with Crippen LogP contribution in [0.5, 0.6) is 5.75 Å². The standard InChI is InChI=1S/C14H15NO4/c1-4-9-12(15-19-13(9)14(16)17)10-7-8(2)5-6-11(10)18-3/h5-7H,4H2,1-3H3,(H,16,17). The number of rotatable bonds is 4. The molecular weight excluding hydrogens is 246 g/mol. The van der Waals surface area contributed by atoms with E-state index < -0.39 is 5.97 Å². The smallest absolute Gasteiger partial charge is 0.375 e. The quantitative estimate of drug-likeness (QED) is 0.916. The van der Waals surface area contributed by atoms with Crippen LogP contribution in [-0.2, 0) is 6.42 Å². The highest BCUT2D eigenvalue weighted by molar-refractivity contribution is 5.89. The number of carbonyl (C=O) groups is 1. The number of aromatic nitrogens is 1. The number of nitrogens with zero attached hydrogens (tertiary/aromatic N) is 1. The monoisotopic (exact) mass is 261 g/mol. The molecule has 1 aromatic carbocycles. The van der Waals surface area contributed by atoms with Gasteiger partial charge in [-0.25, -0.2) is 4.79 Å². The number of aryl methyl sites for hydroxylation is 1. The van der Waals surface area contributed by atoms with E-state index in [9.17, 15) is 4.79 Å². The molecule has 0 amide bonds. The number of methoxy groups -OCH3 is 1. The fourth-order valence-electron chi connectivity index (χ4n) is 2.02. The number of hydrogen-bond acceptors (Lipinski definition) is 4. The molecule has 1 aromatic heterocycles. The van der Waals surface area contributed by atoms with Gasteiger partial charge in [0.2, 0.25) is 5.76 Å². The molecule has 0 saturated carbocycles. The Bertz CT molecular complexity index is 616. The molecule has 0 aliphatic rings. The molecule has 2 aromatic rings. The molecule has 19 heavy (non-hydrogen) atoms. The Labute approximate surface area is 110 Å². The second-order valence-corrected chi connectivity index (χ2v) is 4.20. The maximum absolute atomic E-state index is 11.1. The number of carboxylic acids is 1. The summed E-state index contributed by atoms with van der Waals surface area (Å²) >= 11 is 0. The summed E-state index contributed by atoms with van der Waals surface area (Å²) in [5.41, 5.74) is 2.89. The molecule has 0 bridgehead atoms. The van der Waals surface area contributed by atoms with E-state index in [1.807, 2.05) is 32.0 Å². The summed E-state index contributed by atoms with van der Waals surface area (Å²) in [7, 11) is 1.57. The van der Waals surface area contributed by atoms with Crippen molar-refractivity contribution >= 4 is 5.97 Å². The fraction of sp³-hybridized carbons (Fsp3) is 0.286. The van der Waals surface area contributed by atoms with Gasteiger partial charge in [-0.3, -0.25) is 0 Å². The average Bonchev–Trinajstić information content (AvgIpc) is 2.82. The molecule has 1 heterocycles. The number of aromatic carboxylic acids is 1. The molecule has 5 heteroatoms. The second kappa shape index (κ2) is 5.14. The first-order chi connectivity index (χ1) is 9.08. The van der Waals surface area contributed by atoms with Crippen LogP contribution in [0.4, 0.5) is 0 Å². The predicted octanol–water partition coefficient (Wildman–Crippen LogP) is 2.92. The number of ether oxygens (including phenoxy) is 1. The molecule has 0 atom stereocenters. The largest absolute Gasteiger partial charge is 0.496 e. The third-order valence-electron chi connectivity index (χ3n) is 2.95. The Kier molecular flexibility index (Phi) is 3.55. The summed E-state index contributed by atoms with van der Waals surface area (Å²) in [6.07, 6.45) is 0.525. The van der Waals surface area contributed by atoms with Crippen molar-refractivity contribution in [2.75, 3.05) is 7.11 Å². The molecule has 0 spiro atoms. The Morgan fingerprint density at radius 3 is 2.79 bits per heavy atom. The van der Waals surface area contributed by atoms with Gasteiger partial charge in [0, 0.05) is 11.1 Å². The van der Waals surface area contributed by atoms with E-state index >= 15 is 0 Å². The minimum absolute atomic E-state index is 0.110. The first kappa shape index (κ1) is 13.1. The van der Waals surface area contributed by atoms with Crippen LogP contribution in [0.25, 0.3) is 11.3 Å². The summed E-state index contributed by atoms with van der Waals surface area (Å²) in [5, 5.41) is 13.0. The van der Waals surface area contributed by atoms with Crippen LogP contribution in [-0.4, -0.2) is 23.3 Å². The SMILES string of the molecule is CCc1c(-c2cc(C)ccc2OC)noc1C(=O)O. The lowest BCUT2D eigenvalue weighted by molar-refractivity contribution is 0.0650. The lowest BCUT2D eigenvalue weighted by Gasteiger charge is -2.08.